The number of imidazole rings is 1. The Morgan fingerprint density at radius 1 is 1.14 bits per heavy atom. The molecule has 7 heteroatoms. The standard InChI is InChI=1S/C22H21N5O2/c1-15-9-12-26(13-10-15)22(29)20-25-19(18-4-2-3-11-27(18)20)21(28)24-17-7-5-16(14-23)6-8-17/h2-8,11,15H,9-10,12-13H2,1H3,(H,24,28). The molecule has 1 aliphatic rings. The number of nitrogens with zero attached hydrogens (tertiary/aromatic N) is 4. The quantitative estimate of drug-likeness (QED) is 0.746. The lowest BCUT2D eigenvalue weighted by Gasteiger charge is -2.29. The number of aromatic nitrogens is 2. The summed E-state index contributed by atoms with van der Waals surface area (Å²) >= 11 is 0. The van der Waals surface area contributed by atoms with Crippen LogP contribution in [0.5, 0.6) is 0 Å². The Hall–Kier alpha value is -3.66. The molecule has 29 heavy (non-hydrogen) atoms. The molecule has 0 aliphatic carbocycles. The lowest BCUT2D eigenvalue weighted by molar-refractivity contribution is 0.0684. The molecule has 146 valence electrons. The lowest BCUT2D eigenvalue weighted by atomic mass is 9.99. The minimum absolute atomic E-state index is 0.157. The summed E-state index contributed by atoms with van der Waals surface area (Å²) in [6, 6.07) is 14.0. The molecular weight excluding hydrogens is 366 g/mol. The first kappa shape index (κ1) is 18.7. The first-order valence-corrected chi connectivity index (χ1v) is 9.64. The van der Waals surface area contributed by atoms with Crippen molar-refractivity contribution < 1.29 is 9.59 Å². The van der Waals surface area contributed by atoms with Crippen LogP contribution in [0.25, 0.3) is 5.52 Å². The molecule has 4 rings (SSSR count). The molecule has 1 saturated heterocycles. The van der Waals surface area contributed by atoms with Gasteiger partial charge in [0.2, 0.25) is 5.82 Å². The zero-order chi connectivity index (χ0) is 20.4. The highest BCUT2D eigenvalue weighted by Gasteiger charge is 2.27. The molecule has 1 fully saturated rings. The molecule has 2 amide bonds. The maximum atomic E-state index is 13.1. The van der Waals surface area contributed by atoms with Gasteiger partial charge in [0, 0.05) is 25.0 Å². The largest absolute Gasteiger partial charge is 0.336 e. The van der Waals surface area contributed by atoms with E-state index in [1.807, 2.05) is 23.1 Å². The Bertz CT molecular complexity index is 1100. The van der Waals surface area contributed by atoms with Crippen molar-refractivity contribution in [3.05, 3.63) is 65.7 Å². The Labute approximate surface area is 168 Å². The summed E-state index contributed by atoms with van der Waals surface area (Å²) in [7, 11) is 0. The van der Waals surface area contributed by atoms with Gasteiger partial charge in [0.05, 0.1) is 17.1 Å². The molecule has 1 aromatic carbocycles. The van der Waals surface area contributed by atoms with E-state index >= 15 is 0 Å². The molecule has 3 heterocycles. The number of amides is 2. The van der Waals surface area contributed by atoms with Crippen molar-refractivity contribution in [1.82, 2.24) is 14.3 Å². The van der Waals surface area contributed by atoms with Crippen LogP contribution < -0.4 is 5.32 Å². The molecule has 1 N–H and O–H groups in total. The summed E-state index contributed by atoms with van der Waals surface area (Å²) in [4.78, 5) is 32.2. The van der Waals surface area contributed by atoms with E-state index in [1.54, 1.807) is 40.9 Å². The van der Waals surface area contributed by atoms with E-state index in [-0.39, 0.29) is 17.4 Å². The van der Waals surface area contributed by atoms with E-state index in [0.29, 0.717) is 35.8 Å². The fourth-order valence-corrected chi connectivity index (χ4v) is 3.53. The van der Waals surface area contributed by atoms with Crippen LogP contribution in [-0.4, -0.2) is 39.2 Å². The van der Waals surface area contributed by atoms with Crippen molar-refractivity contribution in [3.8, 4) is 6.07 Å². The molecule has 0 spiro atoms. The normalized spacial score (nSPS) is 14.6. The Balaban J connectivity index is 1.64. The number of hydrogen-bond donors (Lipinski definition) is 1. The predicted octanol–water partition coefficient (Wildman–Crippen LogP) is 3.33. The predicted molar refractivity (Wildman–Crippen MR) is 109 cm³/mol. The van der Waals surface area contributed by atoms with Crippen LogP contribution in [0.3, 0.4) is 0 Å². The summed E-state index contributed by atoms with van der Waals surface area (Å²) in [5.41, 5.74) is 1.85. The van der Waals surface area contributed by atoms with Crippen LogP contribution in [0.1, 0.15) is 46.4 Å². The van der Waals surface area contributed by atoms with Crippen LogP contribution in [0.4, 0.5) is 5.69 Å². The fraction of sp³-hybridized carbons (Fsp3) is 0.273. The zero-order valence-corrected chi connectivity index (χ0v) is 16.1. The topological polar surface area (TPSA) is 90.5 Å². The van der Waals surface area contributed by atoms with Gasteiger partial charge in [0.1, 0.15) is 0 Å². The van der Waals surface area contributed by atoms with Gasteiger partial charge in [-0.2, -0.15) is 5.26 Å². The van der Waals surface area contributed by atoms with Gasteiger partial charge in [-0.1, -0.05) is 13.0 Å². The van der Waals surface area contributed by atoms with Gasteiger partial charge in [-0.3, -0.25) is 14.0 Å². The maximum Gasteiger partial charge on any atom is 0.290 e. The molecule has 0 saturated carbocycles. The molecule has 2 aromatic heterocycles. The second-order valence-corrected chi connectivity index (χ2v) is 7.36. The second kappa shape index (κ2) is 7.76. The first-order valence-electron chi connectivity index (χ1n) is 9.64. The SMILES string of the molecule is CC1CCN(C(=O)c2nc(C(=O)Nc3ccc(C#N)cc3)c3ccccn23)CC1. The molecule has 1 aliphatic heterocycles. The summed E-state index contributed by atoms with van der Waals surface area (Å²) in [5.74, 6) is 0.310. The highest BCUT2D eigenvalue weighted by Crippen LogP contribution is 2.21. The van der Waals surface area contributed by atoms with E-state index in [2.05, 4.69) is 17.2 Å². The molecule has 7 nitrogen and oxygen atoms in total. The van der Waals surface area contributed by atoms with Crippen molar-refractivity contribution in [1.29, 1.82) is 5.26 Å². The summed E-state index contributed by atoms with van der Waals surface area (Å²) < 4.78 is 1.67. The average Bonchev–Trinajstić information content (AvgIpc) is 3.14. The summed E-state index contributed by atoms with van der Waals surface area (Å²) in [6.45, 7) is 3.60. The monoisotopic (exact) mass is 387 g/mol. The number of pyridine rings is 1. The van der Waals surface area contributed by atoms with Crippen molar-refractivity contribution in [2.75, 3.05) is 18.4 Å². The van der Waals surface area contributed by atoms with Crippen LogP contribution >= 0.6 is 0 Å². The van der Waals surface area contributed by atoms with Crippen molar-refractivity contribution in [2.24, 2.45) is 5.92 Å². The highest BCUT2D eigenvalue weighted by atomic mass is 16.2. The van der Waals surface area contributed by atoms with Gasteiger partial charge in [-0.25, -0.2) is 4.98 Å². The van der Waals surface area contributed by atoms with Gasteiger partial charge < -0.3 is 10.2 Å². The third-order valence-corrected chi connectivity index (χ3v) is 5.30. The molecular formula is C22H21N5O2. The van der Waals surface area contributed by atoms with E-state index in [4.69, 9.17) is 5.26 Å². The molecule has 3 aromatic rings. The molecule has 0 atom stereocenters. The average molecular weight is 387 g/mol. The highest BCUT2D eigenvalue weighted by molar-refractivity contribution is 6.09. The number of piperidine rings is 1. The van der Waals surface area contributed by atoms with E-state index in [0.717, 1.165) is 12.8 Å². The van der Waals surface area contributed by atoms with Crippen LogP contribution in [0.2, 0.25) is 0 Å². The number of hydrogen-bond acceptors (Lipinski definition) is 4. The van der Waals surface area contributed by atoms with Gasteiger partial charge in [0.25, 0.3) is 11.8 Å². The Kier molecular flexibility index (Phi) is 5.00. The fourth-order valence-electron chi connectivity index (χ4n) is 3.53. The second-order valence-electron chi connectivity index (χ2n) is 7.36. The van der Waals surface area contributed by atoms with Gasteiger partial charge >= 0.3 is 0 Å². The van der Waals surface area contributed by atoms with Crippen molar-refractivity contribution in [3.63, 3.8) is 0 Å². The molecule has 0 radical (unpaired) electrons. The van der Waals surface area contributed by atoms with Crippen LogP contribution in [0.15, 0.2) is 48.7 Å². The first-order chi connectivity index (χ1) is 14.1. The number of rotatable bonds is 3. The van der Waals surface area contributed by atoms with E-state index in [9.17, 15) is 9.59 Å². The molecule has 0 bridgehead atoms. The van der Waals surface area contributed by atoms with E-state index in [1.165, 1.54) is 0 Å². The number of benzene rings is 1. The van der Waals surface area contributed by atoms with Crippen molar-refractivity contribution >= 4 is 23.0 Å². The van der Waals surface area contributed by atoms with E-state index < -0.39 is 5.91 Å². The Morgan fingerprint density at radius 3 is 2.55 bits per heavy atom. The van der Waals surface area contributed by atoms with Gasteiger partial charge in [-0.15, -0.1) is 0 Å². The summed E-state index contributed by atoms with van der Waals surface area (Å²) in [5, 5.41) is 11.7. The number of nitrogens with one attached hydrogen (secondary N) is 1. The zero-order valence-electron chi connectivity index (χ0n) is 16.1. The third-order valence-electron chi connectivity index (χ3n) is 5.30. The number of nitriles is 1. The van der Waals surface area contributed by atoms with Gasteiger partial charge in [0.15, 0.2) is 5.69 Å². The van der Waals surface area contributed by atoms with Crippen LogP contribution in [0, 0.1) is 17.2 Å². The third kappa shape index (κ3) is 3.69. The van der Waals surface area contributed by atoms with Gasteiger partial charge in [-0.05, 0) is 55.2 Å². The number of fused-ring (bicyclic) bond motifs is 1. The van der Waals surface area contributed by atoms with Crippen LogP contribution in [-0.2, 0) is 0 Å². The minimum Gasteiger partial charge on any atom is -0.336 e. The Morgan fingerprint density at radius 2 is 1.86 bits per heavy atom. The number of anilines is 1. The summed E-state index contributed by atoms with van der Waals surface area (Å²) in [6.07, 6.45) is 3.70. The van der Waals surface area contributed by atoms with Crippen molar-refractivity contribution in [2.45, 2.75) is 19.8 Å². The minimum atomic E-state index is -0.398. The smallest absolute Gasteiger partial charge is 0.290 e. The molecule has 0 unspecified atom stereocenters. The number of likely N-dealkylation sites (tertiary alicyclic amines) is 1. The lowest BCUT2D eigenvalue weighted by Crippen LogP contribution is -2.38. The maximum absolute atomic E-state index is 13.1. The number of carbonyl (C=O) groups excluding carboxylic acids is 2. The number of carbonyl (C=O) groups is 2.